The highest BCUT2D eigenvalue weighted by atomic mass is 16.5. The summed E-state index contributed by atoms with van der Waals surface area (Å²) in [7, 11) is 3.40. The van der Waals surface area contributed by atoms with Crippen molar-refractivity contribution in [1.82, 2.24) is 24.7 Å². The summed E-state index contributed by atoms with van der Waals surface area (Å²) in [5.41, 5.74) is 6.34. The van der Waals surface area contributed by atoms with E-state index in [-0.39, 0.29) is 0 Å². The average molecular weight is 220 g/mol. The van der Waals surface area contributed by atoms with Gasteiger partial charge in [-0.05, 0) is 0 Å². The molecule has 0 aliphatic carbocycles. The Kier molecular flexibility index (Phi) is 2.78. The molecule has 84 valence electrons. The minimum Gasteiger partial charge on any atom is -0.383 e. The number of aryl methyl sites for hydroxylation is 1. The number of anilines is 1. The van der Waals surface area contributed by atoms with Crippen LogP contribution in [-0.2, 0) is 18.4 Å². The molecule has 0 bridgehead atoms. The zero-order valence-electron chi connectivity index (χ0n) is 9.08. The van der Waals surface area contributed by atoms with Crippen LogP contribution in [0.3, 0.4) is 0 Å². The number of rotatable bonds is 3. The zero-order chi connectivity index (χ0) is 11.5. The van der Waals surface area contributed by atoms with E-state index in [2.05, 4.69) is 20.1 Å². The third-order valence-corrected chi connectivity index (χ3v) is 2.11. The first kappa shape index (κ1) is 10.5. The van der Waals surface area contributed by atoms with Crippen molar-refractivity contribution in [2.24, 2.45) is 7.05 Å². The van der Waals surface area contributed by atoms with Crippen LogP contribution in [0.2, 0.25) is 0 Å². The van der Waals surface area contributed by atoms with Crippen LogP contribution in [0, 0.1) is 0 Å². The molecule has 0 atom stereocenters. The van der Waals surface area contributed by atoms with Crippen molar-refractivity contribution >= 4 is 5.82 Å². The van der Waals surface area contributed by atoms with Crippen LogP contribution in [0.15, 0.2) is 12.5 Å². The summed E-state index contributed by atoms with van der Waals surface area (Å²) in [4.78, 5) is 12.1. The molecule has 0 saturated carbocycles. The van der Waals surface area contributed by atoms with Gasteiger partial charge < -0.3 is 10.5 Å². The molecule has 0 aromatic carbocycles. The molecule has 0 unspecified atom stereocenters. The largest absolute Gasteiger partial charge is 0.383 e. The smallest absolute Gasteiger partial charge is 0.186 e. The van der Waals surface area contributed by atoms with Crippen molar-refractivity contribution in [3.63, 3.8) is 0 Å². The van der Waals surface area contributed by atoms with Crippen molar-refractivity contribution in [3.05, 3.63) is 18.3 Å². The molecule has 0 aliphatic rings. The molecule has 0 aliphatic heterocycles. The normalized spacial score (nSPS) is 10.6. The van der Waals surface area contributed by atoms with Crippen molar-refractivity contribution in [3.8, 4) is 11.4 Å². The van der Waals surface area contributed by atoms with Gasteiger partial charge in [-0.1, -0.05) is 0 Å². The number of nitrogens with two attached hydrogens (primary N) is 1. The Morgan fingerprint density at radius 3 is 3.00 bits per heavy atom. The Hall–Kier alpha value is -2.02. The summed E-state index contributed by atoms with van der Waals surface area (Å²) in [6.45, 7) is 0.400. The van der Waals surface area contributed by atoms with E-state index in [1.807, 2.05) is 0 Å². The van der Waals surface area contributed by atoms with Crippen molar-refractivity contribution in [2.45, 2.75) is 6.61 Å². The van der Waals surface area contributed by atoms with Crippen molar-refractivity contribution < 1.29 is 4.74 Å². The molecule has 0 fully saturated rings. The third kappa shape index (κ3) is 1.84. The van der Waals surface area contributed by atoms with Gasteiger partial charge >= 0.3 is 0 Å². The van der Waals surface area contributed by atoms with Crippen LogP contribution in [0.1, 0.15) is 5.82 Å². The molecule has 0 spiro atoms. The average Bonchev–Trinajstić information content (AvgIpc) is 2.61. The van der Waals surface area contributed by atoms with Gasteiger partial charge in [0, 0.05) is 20.4 Å². The lowest BCUT2D eigenvalue weighted by molar-refractivity contribution is 0.174. The molecule has 2 aromatic heterocycles. The van der Waals surface area contributed by atoms with Crippen LogP contribution in [0.25, 0.3) is 11.4 Å². The van der Waals surface area contributed by atoms with Gasteiger partial charge in [0.1, 0.15) is 18.8 Å². The molecule has 2 N–H and O–H groups in total. The quantitative estimate of drug-likeness (QED) is 0.782. The van der Waals surface area contributed by atoms with E-state index >= 15 is 0 Å². The number of methoxy groups -OCH3 is 1. The van der Waals surface area contributed by atoms with Gasteiger partial charge in [0.2, 0.25) is 0 Å². The Balaban J connectivity index is 2.42. The minimum atomic E-state index is 0.365. The highest BCUT2D eigenvalue weighted by Crippen LogP contribution is 2.19. The van der Waals surface area contributed by atoms with Crippen LogP contribution in [0.5, 0.6) is 0 Å². The fraction of sp³-hybridized carbons (Fsp3) is 0.333. The zero-order valence-corrected chi connectivity index (χ0v) is 9.08. The first-order chi connectivity index (χ1) is 7.72. The molecule has 2 heterocycles. The lowest BCUT2D eigenvalue weighted by Gasteiger charge is -1.96. The summed E-state index contributed by atoms with van der Waals surface area (Å²) in [6.07, 6.45) is 2.98. The molecule has 0 saturated heterocycles. The predicted octanol–water partition coefficient (Wildman–Crippen LogP) is 0.000700. The lowest BCUT2D eigenvalue weighted by Crippen LogP contribution is -2.00. The standard InChI is InChI=1S/C9H12N6O/c1-15-7(4-16-2)13-9(14-15)6-3-11-5-12-8(6)10/h3,5H,4H2,1-2H3,(H2,10,11,12). The summed E-state index contributed by atoms with van der Waals surface area (Å²) in [6, 6.07) is 0. The maximum absolute atomic E-state index is 5.71. The van der Waals surface area contributed by atoms with Gasteiger partial charge in [0.05, 0.1) is 5.56 Å². The number of hydrogen-bond acceptors (Lipinski definition) is 6. The molecular weight excluding hydrogens is 208 g/mol. The van der Waals surface area contributed by atoms with Crippen LogP contribution in [0.4, 0.5) is 5.82 Å². The molecule has 0 radical (unpaired) electrons. The van der Waals surface area contributed by atoms with Gasteiger partial charge in [-0.25, -0.2) is 15.0 Å². The molecular formula is C9H12N6O. The van der Waals surface area contributed by atoms with Gasteiger partial charge in [0.25, 0.3) is 0 Å². The predicted molar refractivity (Wildman–Crippen MR) is 57.2 cm³/mol. The Morgan fingerprint density at radius 2 is 2.31 bits per heavy atom. The van der Waals surface area contributed by atoms with Gasteiger partial charge in [0.15, 0.2) is 11.6 Å². The Bertz CT molecular complexity index is 494. The molecule has 7 heteroatoms. The SMILES string of the molecule is COCc1nc(-c2cncnc2N)nn1C. The van der Waals surface area contributed by atoms with Gasteiger partial charge in [-0.15, -0.1) is 0 Å². The van der Waals surface area contributed by atoms with E-state index in [1.54, 1.807) is 25.0 Å². The topological polar surface area (TPSA) is 91.7 Å². The van der Waals surface area contributed by atoms with Crippen molar-refractivity contribution in [1.29, 1.82) is 0 Å². The third-order valence-electron chi connectivity index (χ3n) is 2.11. The maximum atomic E-state index is 5.71. The summed E-state index contributed by atoms with van der Waals surface area (Å²) in [5.74, 6) is 1.60. The molecule has 7 nitrogen and oxygen atoms in total. The van der Waals surface area contributed by atoms with Gasteiger partial charge in [-0.2, -0.15) is 5.10 Å². The van der Waals surface area contributed by atoms with E-state index in [4.69, 9.17) is 10.5 Å². The highest BCUT2D eigenvalue weighted by Gasteiger charge is 2.12. The number of ether oxygens (including phenoxy) is 1. The van der Waals surface area contributed by atoms with Crippen LogP contribution < -0.4 is 5.73 Å². The summed E-state index contributed by atoms with van der Waals surface area (Å²) in [5, 5.41) is 4.23. The second-order valence-corrected chi connectivity index (χ2v) is 3.23. The molecule has 16 heavy (non-hydrogen) atoms. The second kappa shape index (κ2) is 4.23. The van der Waals surface area contributed by atoms with E-state index < -0.39 is 0 Å². The fourth-order valence-electron chi connectivity index (χ4n) is 1.30. The highest BCUT2D eigenvalue weighted by molar-refractivity contribution is 5.66. The van der Waals surface area contributed by atoms with Gasteiger partial charge in [-0.3, -0.25) is 4.68 Å². The number of hydrogen-bond donors (Lipinski definition) is 1. The number of aromatic nitrogens is 5. The Labute approximate surface area is 92.3 Å². The van der Waals surface area contributed by atoms with E-state index in [0.717, 1.165) is 5.82 Å². The molecule has 0 amide bonds. The summed E-state index contributed by atoms with van der Waals surface area (Å²) < 4.78 is 6.65. The fourth-order valence-corrected chi connectivity index (χ4v) is 1.30. The first-order valence-electron chi connectivity index (χ1n) is 4.67. The Morgan fingerprint density at radius 1 is 1.50 bits per heavy atom. The van der Waals surface area contributed by atoms with E-state index in [0.29, 0.717) is 23.8 Å². The van der Waals surface area contributed by atoms with Crippen molar-refractivity contribution in [2.75, 3.05) is 12.8 Å². The lowest BCUT2D eigenvalue weighted by atomic mass is 10.3. The van der Waals surface area contributed by atoms with Crippen LogP contribution in [-0.4, -0.2) is 31.8 Å². The monoisotopic (exact) mass is 220 g/mol. The maximum Gasteiger partial charge on any atom is 0.186 e. The second-order valence-electron chi connectivity index (χ2n) is 3.23. The van der Waals surface area contributed by atoms with E-state index in [1.165, 1.54) is 6.33 Å². The molecule has 2 rings (SSSR count). The first-order valence-corrected chi connectivity index (χ1v) is 4.67. The molecule has 2 aromatic rings. The number of nitrogen functional groups attached to an aromatic ring is 1. The minimum absolute atomic E-state index is 0.365. The van der Waals surface area contributed by atoms with Crippen LogP contribution >= 0.6 is 0 Å². The van der Waals surface area contributed by atoms with E-state index in [9.17, 15) is 0 Å². The summed E-state index contributed by atoms with van der Waals surface area (Å²) >= 11 is 0. The number of nitrogens with zero attached hydrogens (tertiary/aromatic N) is 5.